The first-order valence-corrected chi connectivity index (χ1v) is 8.07. The molecule has 0 bridgehead atoms. The molecule has 2 N–H and O–H groups in total. The molecule has 1 aromatic carbocycles. The first kappa shape index (κ1) is 15.8. The van der Waals surface area contributed by atoms with Gasteiger partial charge in [0.2, 0.25) is 0 Å². The lowest BCUT2D eigenvalue weighted by atomic mass is 9.94. The van der Waals surface area contributed by atoms with Crippen molar-refractivity contribution in [3.63, 3.8) is 0 Å². The molecule has 20 heavy (non-hydrogen) atoms. The lowest BCUT2D eigenvalue weighted by Crippen LogP contribution is -2.47. The fraction of sp³-hybridized carbons (Fsp3) is 0.625. The number of hydrogen-bond donors (Lipinski definition) is 1. The molecule has 2 rings (SSSR count). The second kappa shape index (κ2) is 6.46. The van der Waals surface area contributed by atoms with Crippen LogP contribution < -0.4 is 10.6 Å². The molecular formula is C16H25BrN2O. The molecule has 2 atom stereocenters. The summed E-state index contributed by atoms with van der Waals surface area (Å²) in [5.41, 5.74) is 8.36. The monoisotopic (exact) mass is 340 g/mol. The highest BCUT2D eigenvalue weighted by molar-refractivity contribution is 9.10. The Morgan fingerprint density at radius 2 is 2.25 bits per heavy atom. The van der Waals surface area contributed by atoms with Crippen molar-refractivity contribution in [1.29, 1.82) is 0 Å². The fourth-order valence-electron chi connectivity index (χ4n) is 2.88. The van der Waals surface area contributed by atoms with Gasteiger partial charge < -0.3 is 15.4 Å². The van der Waals surface area contributed by atoms with E-state index < -0.39 is 0 Å². The van der Waals surface area contributed by atoms with Gasteiger partial charge in [0.15, 0.2) is 0 Å². The predicted molar refractivity (Wildman–Crippen MR) is 88.4 cm³/mol. The molecule has 0 radical (unpaired) electrons. The molecule has 0 aliphatic carbocycles. The van der Waals surface area contributed by atoms with Crippen molar-refractivity contribution in [1.82, 2.24) is 0 Å². The zero-order valence-electron chi connectivity index (χ0n) is 12.7. The first-order valence-electron chi connectivity index (χ1n) is 7.28. The van der Waals surface area contributed by atoms with Crippen LogP contribution in [-0.4, -0.2) is 31.8 Å². The average molecular weight is 341 g/mol. The zero-order chi connectivity index (χ0) is 14.8. The lowest BCUT2D eigenvalue weighted by Gasteiger charge is -2.41. The topological polar surface area (TPSA) is 38.5 Å². The Labute approximate surface area is 130 Å². The Hall–Kier alpha value is -0.580. The van der Waals surface area contributed by atoms with Gasteiger partial charge in [-0.25, -0.2) is 0 Å². The number of nitrogens with zero attached hydrogens (tertiary/aromatic N) is 1. The molecule has 2 unspecified atom stereocenters. The van der Waals surface area contributed by atoms with E-state index in [2.05, 4.69) is 46.0 Å². The third-order valence-electron chi connectivity index (χ3n) is 4.06. The summed E-state index contributed by atoms with van der Waals surface area (Å²) in [6.45, 7) is 6.26. The SMILES string of the molecule is COC1(C)CCCN(c2ccc(CC(C)N)cc2Br)C1. The number of ether oxygens (including phenoxy) is 1. The molecule has 1 aliphatic heterocycles. The summed E-state index contributed by atoms with van der Waals surface area (Å²) in [6, 6.07) is 6.77. The minimum atomic E-state index is -0.0395. The number of benzene rings is 1. The molecule has 1 fully saturated rings. The standard InChI is InChI=1S/C16H25BrN2O/c1-12(18)9-13-5-6-15(14(17)10-13)19-8-4-7-16(2,11-19)20-3/h5-6,10,12H,4,7-9,11,18H2,1-3H3. The molecular weight excluding hydrogens is 316 g/mol. The van der Waals surface area contributed by atoms with Gasteiger partial charge in [0.25, 0.3) is 0 Å². The molecule has 0 saturated carbocycles. The van der Waals surface area contributed by atoms with Gasteiger partial charge in [0, 0.05) is 30.7 Å². The normalized spacial score (nSPS) is 24.8. The van der Waals surface area contributed by atoms with E-state index in [-0.39, 0.29) is 11.6 Å². The van der Waals surface area contributed by atoms with Gasteiger partial charge in [-0.3, -0.25) is 0 Å². The molecule has 0 spiro atoms. The van der Waals surface area contributed by atoms with E-state index in [4.69, 9.17) is 10.5 Å². The van der Waals surface area contributed by atoms with E-state index in [0.717, 1.165) is 30.4 Å². The van der Waals surface area contributed by atoms with Crippen LogP contribution in [0.15, 0.2) is 22.7 Å². The minimum absolute atomic E-state index is 0.0395. The molecule has 0 amide bonds. The number of halogens is 1. The van der Waals surface area contributed by atoms with Crippen LogP contribution in [0.25, 0.3) is 0 Å². The van der Waals surface area contributed by atoms with Gasteiger partial charge in [-0.15, -0.1) is 0 Å². The Balaban J connectivity index is 2.16. The largest absolute Gasteiger partial charge is 0.377 e. The molecule has 1 saturated heterocycles. The Morgan fingerprint density at radius 1 is 1.50 bits per heavy atom. The third-order valence-corrected chi connectivity index (χ3v) is 4.70. The molecule has 3 nitrogen and oxygen atoms in total. The summed E-state index contributed by atoms with van der Waals surface area (Å²) in [5.74, 6) is 0. The molecule has 0 aromatic heterocycles. The van der Waals surface area contributed by atoms with E-state index in [1.54, 1.807) is 0 Å². The number of anilines is 1. The lowest BCUT2D eigenvalue weighted by molar-refractivity contribution is -0.00467. The maximum Gasteiger partial charge on any atom is 0.0825 e. The first-order chi connectivity index (χ1) is 9.43. The number of piperidine rings is 1. The van der Waals surface area contributed by atoms with Crippen LogP contribution in [-0.2, 0) is 11.2 Å². The van der Waals surface area contributed by atoms with Crippen LogP contribution in [0, 0.1) is 0 Å². The van der Waals surface area contributed by atoms with Gasteiger partial charge >= 0.3 is 0 Å². The van der Waals surface area contributed by atoms with Gasteiger partial charge in [-0.05, 0) is 66.7 Å². The van der Waals surface area contributed by atoms with Crippen LogP contribution >= 0.6 is 15.9 Å². The Bertz CT molecular complexity index is 464. The molecule has 112 valence electrons. The van der Waals surface area contributed by atoms with E-state index >= 15 is 0 Å². The van der Waals surface area contributed by atoms with Gasteiger partial charge in [0.1, 0.15) is 0 Å². The molecule has 1 aromatic rings. The number of methoxy groups -OCH3 is 1. The van der Waals surface area contributed by atoms with Crippen LogP contribution in [0.5, 0.6) is 0 Å². The van der Waals surface area contributed by atoms with E-state index in [1.165, 1.54) is 17.7 Å². The summed E-state index contributed by atoms with van der Waals surface area (Å²) < 4.78 is 6.82. The van der Waals surface area contributed by atoms with Crippen molar-refractivity contribution < 1.29 is 4.74 Å². The van der Waals surface area contributed by atoms with Crippen molar-refractivity contribution in [3.05, 3.63) is 28.2 Å². The quantitative estimate of drug-likeness (QED) is 0.913. The second-order valence-electron chi connectivity index (χ2n) is 6.15. The van der Waals surface area contributed by atoms with Crippen LogP contribution in [0.4, 0.5) is 5.69 Å². The Morgan fingerprint density at radius 3 is 2.85 bits per heavy atom. The predicted octanol–water partition coefficient (Wildman–Crippen LogP) is 3.34. The minimum Gasteiger partial charge on any atom is -0.377 e. The molecule has 4 heteroatoms. The zero-order valence-corrected chi connectivity index (χ0v) is 14.2. The highest BCUT2D eigenvalue weighted by atomic mass is 79.9. The van der Waals surface area contributed by atoms with Crippen LogP contribution in [0.3, 0.4) is 0 Å². The maximum atomic E-state index is 5.87. The number of nitrogens with two attached hydrogens (primary N) is 1. The van der Waals surface area contributed by atoms with Crippen molar-refractivity contribution in [3.8, 4) is 0 Å². The Kier molecular flexibility index (Phi) is 5.10. The van der Waals surface area contributed by atoms with E-state index in [1.807, 2.05) is 14.0 Å². The third kappa shape index (κ3) is 3.74. The molecule has 1 aliphatic rings. The second-order valence-corrected chi connectivity index (χ2v) is 7.00. The summed E-state index contributed by atoms with van der Waals surface area (Å²) in [4.78, 5) is 2.41. The maximum absolute atomic E-state index is 5.87. The van der Waals surface area contributed by atoms with Gasteiger partial charge in [-0.1, -0.05) is 6.07 Å². The van der Waals surface area contributed by atoms with Gasteiger partial charge in [-0.2, -0.15) is 0 Å². The van der Waals surface area contributed by atoms with Crippen molar-refractivity contribution in [2.45, 2.75) is 44.8 Å². The van der Waals surface area contributed by atoms with Crippen LogP contribution in [0.1, 0.15) is 32.3 Å². The smallest absolute Gasteiger partial charge is 0.0825 e. The summed E-state index contributed by atoms with van der Waals surface area (Å²) in [5, 5.41) is 0. The van der Waals surface area contributed by atoms with Crippen LogP contribution in [0.2, 0.25) is 0 Å². The van der Waals surface area contributed by atoms with Crippen molar-refractivity contribution in [2.75, 3.05) is 25.1 Å². The van der Waals surface area contributed by atoms with E-state index in [0.29, 0.717) is 0 Å². The van der Waals surface area contributed by atoms with Gasteiger partial charge in [0.05, 0.1) is 11.3 Å². The highest BCUT2D eigenvalue weighted by Crippen LogP contribution is 2.33. The summed E-state index contributed by atoms with van der Waals surface area (Å²) in [6.07, 6.45) is 3.20. The average Bonchev–Trinajstić information content (AvgIpc) is 2.38. The van der Waals surface area contributed by atoms with Crippen molar-refractivity contribution >= 4 is 21.6 Å². The number of hydrogen-bond acceptors (Lipinski definition) is 3. The number of rotatable bonds is 4. The highest BCUT2D eigenvalue weighted by Gasteiger charge is 2.31. The van der Waals surface area contributed by atoms with Crippen molar-refractivity contribution in [2.24, 2.45) is 5.73 Å². The summed E-state index contributed by atoms with van der Waals surface area (Å²) in [7, 11) is 1.81. The summed E-state index contributed by atoms with van der Waals surface area (Å²) >= 11 is 3.71. The molecule has 1 heterocycles. The fourth-order valence-corrected chi connectivity index (χ4v) is 3.56. The van der Waals surface area contributed by atoms with E-state index in [9.17, 15) is 0 Å².